The van der Waals surface area contributed by atoms with E-state index in [1.54, 1.807) is 0 Å². The van der Waals surface area contributed by atoms with Crippen LogP contribution in [0.5, 0.6) is 5.75 Å². The Kier molecular flexibility index (Phi) is 2.96. The van der Waals surface area contributed by atoms with E-state index < -0.39 is 0 Å². The molecule has 1 aliphatic heterocycles. The van der Waals surface area contributed by atoms with Gasteiger partial charge in [0, 0.05) is 18.2 Å². The Morgan fingerprint density at radius 3 is 2.94 bits per heavy atom. The summed E-state index contributed by atoms with van der Waals surface area (Å²) in [6.45, 7) is 0. The summed E-state index contributed by atoms with van der Waals surface area (Å²) in [5.74, 6) is 0.959. The summed E-state index contributed by atoms with van der Waals surface area (Å²) in [5, 5.41) is 2.87. The third-order valence-electron chi connectivity index (χ3n) is 3.76. The number of hydrogen-bond acceptors (Lipinski definition) is 3. The first kappa shape index (κ1) is 11.5. The third-order valence-corrected chi connectivity index (χ3v) is 3.76. The Balaban J connectivity index is 1.76. The molecule has 96 valence electrons. The summed E-state index contributed by atoms with van der Waals surface area (Å²) in [6, 6.07) is 6.01. The fraction of sp³-hybridized carbons (Fsp3) is 0.500. The minimum Gasteiger partial charge on any atom is -0.489 e. The van der Waals surface area contributed by atoms with Gasteiger partial charge in [0.1, 0.15) is 11.9 Å². The van der Waals surface area contributed by atoms with E-state index in [1.165, 1.54) is 0 Å². The van der Waals surface area contributed by atoms with Crippen LogP contribution in [0.2, 0.25) is 0 Å². The van der Waals surface area contributed by atoms with Gasteiger partial charge in [0.05, 0.1) is 0 Å². The molecule has 2 aliphatic rings. The van der Waals surface area contributed by atoms with Crippen LogP contribution in [-0.2, 0) is 11.2 Å². The summed E-state index contributed by atoms with van der Waals surface area (Å²) in [4.78, 5) is 11.3. The van der Waals surface area contributed by atoms with Crippen LogP contribution in [0.1, 0.15) is 31.2 Å². The number of hydrogen-bond donors (Lipinski definition) is 2. The first-order valence-electron chi connectivity index (χ1n) is 6.57. The monoisotopic (exact) mass is 246 g/mol. The zero-order chi connectivity index (χ0) is 12.5. The molecule has 3 N–H and O–H groups in total. The Morgan fingerprint density at radius 1 is 1.28 bits per heavy atom. The Bertz CT molecular complexity index is 473. The lowest BCUT2D eigenvalue weighted by Crippen LogP contribution is -2.33. The highest BCUT2D eigenvalue weighted by Crippen LogP contribution is 2.29. The molecule has 0 radical (unpaired) electrons. The largest absolute Gasteiger partial charge is 0.489 e. The number of aryl methyl sites for hydroxylation is 1. The molecular weight excluding hydrogens is 228 g/mol. The Labute approximate surface area is 107 Å². The van der Waals surface area contributed by atoms with Gasteiger partial charge in [0.25, 0.3) is 0 Å². The van der Waals surface area contributed by atoms with Crippen LogP contribution >= 0.6 is 0 Å². The lowest BCUT2D eigenvalue weighted by atomic mass is 10.0. The minimum atomic E-state index is 0.0917. The fourth-order valence-corrected chi connectivity index (χ4v) is 2.71. The molecule has 0 saturated heterocycles. The highest BCUT2D eigenvalue weighted by Gasteiger charge is 2.26. The first-order chi connectivity index (χ1) is 8.72. The molecule has 4 heteroatoms. The number of carbonyl (C=O) groups is 1. The lowest BCUT2D eigenvalue weighted by Gasteiger charge is -2.21. The van der Waals surface area contributed by atoms with Crippen LogP contribution in [0.15, 0.2) is 18.2 Å². The van der Waals surface area contributed by atoms with Crippen molar-refractivity contribution in [2.24, 2.45) is 5.73 Å². The number of amides is 1. The summed E-state index contributed by atoms with van der Waals surface area (Å²) in [7, 11) is 0. The number of fused-ring (bicyclic) bond motifs is 1. The van der Waals surface area contributed by atoms with Crippen LogP contribution in [0.25, 0.3) is 0 Å². The van der Waals surface area contributed by atoms with E-state index in [0.29, 0.717) is 6.42 Å². The van der Waals surface area contributed by atoms with Crippen molar-refractivity contribution in [3.63, 3.8) is 0 Å². The highest BCUT2D eigenvalue weighted by molar-refractivity contribution is 5.93. The molecule has 1 fully saturated rings. The molecule has 0 aromatic heterocycles. The van der Waals surface area contributed by atoms with Crippen molar-refractivity contribution in [1.82, 2.24) is 0 Å². The van der Waals surface area contributed by atoms with Gasteiger partial charge < -0.3 is 15.8 Å². The number of anilines is 1. The normalized spacial score (nSPS) is 26.6. The van der Waals surface area contributed by atoms with E-state index in [0.717, 1.165) is 42.7 Å². The number of benzene rings is 1. The van der Waals surface area contributed by atoms with Gasteiger partial charge in [-0.3, -0.25) is 4.79 Å². The topological polar surface area (TPSA) is 64.3 Å². The second-order valence-electron chi connectivity index (χ2n) is 5.12. The molecule has 0 spiro atoms. The second-order valence-corrected chi connectivity index (χ2v) is 5.12. The molecule has 1 aromatic rings. The van der Waals surface area contributed by atoms with Gasteiger partial charge in [-0.25, -0.2) is 0 Å². The van der Waals surface area contributed by atoms with E-state index in [4.69, 9.17) is 10.5 Å². The minimum absolute atomic E-state index is 0.0917. The van der Waals surface area contributed by atoms with Gasteiger partial charge in [-0.2, -0.15) is 0 Å². The lowest BCUT2D eigenvalue weighted by molar-refractivity contribution is -0.116. The number of carbonyl (C=O) groups excluding carboxylic acids is 1. The van der Waals surface area contributed by atoms with Gasteiger partial charge in [-0.1, -0.05) is 0 Å². The van der Waals surface area contributed by atoms with Gasteiger partial charge in [-0.05, 0) is 49.4 Å². The quantitative estimate of drug-likeness (QED) is 0.836. The molecule has 1 amide bonds. The van der Waals surface area contributed by atoms with Crippen molar-refractivity contribution in [1.29, 1.82) is 0 Å². The number of nitrogens with two attached hydrogens (primary N) is 1. The average Bonchev–Trinajstić information content (AvgIpc) is 2.75. The molecule has 3 rings (SSSR count). The molecular formula is C14H18N2O2. The molecule has 1 saturated carbocycles. The van der Waals surface area contributed by atoms with Crippen LogP contribution in [0, 0.1) is 0 Å². The van der Waals surface area contributed by atoms with Gasteiger partial charge in [-0.15, -0.1) is 0 Å². The first-order valence-corrected chi connectivity index (χ1v) is 6.57. The molecule has 0 bridgehead atoms. The molecule has 1 aliphatic carbocycles. The predicted octanol–water partition coefficient (Wildman–Crippen LogP) is 1.83. The van der Waals surface area contributed by atoms with E-state index >= 15 is 0 Å². The fourth-order valence-electron chi connectivity index (χ4n) is 2.71. The molecule has 4 nitrogen and oxygen atoms in total. The van der Waals surface area contributed by atoms with E-state index in [9.17, 15) is 4.79 Å². The highest BCUT2D eigenvalue weighted by atomic mass is 16.5. The van der Waals surface area contributed by atoms with Crippen molar-refractivity contribution >= 4 is 11.6 Å². The van der Waals surface area contributed by atoms with Crippen molar-refractivity contribution in [3.05, 3.63) is 23.8 Å². The smallest absolute Gasteiger partial charge is 0.224 e. The summed E-state index contributed by atoms with van der Waals surface area (Å²) >= 11 is 0. The maximum Gasteiger partial charge on any atom is 0.224 e. The van der Waals surface area contributed by atoms with Gasteiger partial charge >= 0.3 is 0 Å². The molecule has 18 heavy (non-hydrogen) atoms. The number of ether oxygens (including phenoxy) is 1. The standard InChI is InChI=1S/C14H18N2O2/c15-11-2-1-3-13(11)18-10-5-6-12-9(8-10)4-7-14(17)16-12/h5-6,8,11,13H,1-4,7,15H2,(H,16,17). The summed E-state index contributed by atoms with van der Waals surface area (Å²) in [5.41, 5.74) is 8.06. The Hall–Kier alpha value is -1.55. The van der Waals surface area contributed by atoms with Crippen molar-refractivity contribution < 1.29 is 9.53 Å². The molecule has 2 unspecified atom stereocenters. The van der Waals surface area contributed by atoms with E-state index in [2.05, 4.69) is 5.32 Å². The van der Waals surface area contributed by atoms with Crippen molar-refractivity contribution in [2.75, 3.05) is 5.32 Å². The zero-order valence-corrected chi connectivity index (χ0v) is 10.3. The van der Waals surface area contributed by atoms with Crippen LogP contribution in [-0.4, -0.2) is 18.1 Å². The number of nitrogens with one attached hydrogen (secondary N) is 1. The Morgan fingerprint density at radius 2 is 2.17 bits per heavy atom. The van der Waals surface area contributed by atoms with Crippen LogP contribution in [0.3, 0.4) is 0 Å². The van der Waals surface area contributed by atoms with Crippen LogP contribution < -0.4 is 15.8 Å². The maximum absolute atomic E-state index is 11.3. The third kappa shape index (κ3) is 2.20. The molecule has 2 atom stereocenters. The SMILES string of the molecule is NC1CCCC1Oc1ccc2c(c1)CCC(=O)N2. The van der Waals surface area contributed by atoms with Crippen molar-refractivity contribution in [3.8, 4) is 5.75 Å². The van der Waals surface area contributed by atoms with Crippen LogP contribution in [0.4, 0.5) is 5.69 Å². The second kappa shape index (κ2) is 4.61. The van der Waals surface area contributed by atoms with E-state index in [1.807, 2.05) is 18.2 Å². The average molecular weight is 246 g/mol. The predicted molar refractivity (Wildman–Crippen MR) is 69.6 cm³/mol. The molecule has 1 heterocycles. The molecule has 1 aromatic carbocycles. The van der Waals surface area contributed by atoms with E-state index in [-0.39, 0.29) is 18.1 Å². The number of rotatable bonds is 2. The zero-order valence-electron chi connectivity index (χ0n) is 10.3. The maximum atomic E-state index is 11.3. The summed E-state index contributed by atoms with van der Waals surface area (Å²) < 4.78 is 5.94. The van der Waals surface area contributed by atoms with Gasteiger partial charge in [0.15, 0.2) is 0 Å². The van der Waals surface area contributed by atoms with Crippen molar-refractivity contribution in [2.45, 2.75) is 44.2 Å². The van der Waals surface area contributed by atoms with Gasteiger partial charge in [0.2, 0.25) is 5.91 Å². The summed E-state index contributed by atoms with van der Waals surface area (Å²) in [6.07, 6.45) is 4.71.